The quantitative estimate of drug-likeness (QED) is 0.519. The van der Waals surface area contributed by atoms with E-state index in [1.807, 2.05) is 0 Å². The van der Waals surface area contributed by atoms with Crippen molar-refractivity contribution < 1.29 is 8.76 Å². The average Bonchev–Trinajstić information content (AvgIpc) is 1.78. The first kappa shape index (κ1) is 11.1. The lowest BCUT2D eigenvalue weighted by Gasteiger charge is -2.17. The summed E-state index contributed by atoms with van der Waals surface area (Å²) in [6.45, 7) is 6.97. The third-order valence-electron chi connectivity index (χ3n) is 1.32. The zero-order chi connectivity index (χ0) is 8.91. The molecule has 1 atom stereocenters. The second kappa shape index (κ2) is 4.85. The maximum Gasteiger partial charge on any atom is 0.0181 e. The first-order chi connectivity index (χ1) is 4.92. The molecule has 0 spiro atoms. The van der Waals surface area contributed by atoms with Crippen LogP contribution in [-0.4, -0.2) is 15.3 Å². The topological polar surface area (TPSA) is 52.2 Å². The summed E-state index contributed by atoms with van der Waals surface area (Å²) in [6, 6.07) is 0. The van der Waals surface area contributed by atoms with Gasteiger partial charge in [-0.05, 0) is 18.3 Å². The third-order valence-corrected chi connectivity index (χ3v) is 1.76. The van der Waals surface area contributed by atoms with Crippen LogP contribution in [0.1, 0.15) is 33.6 Å². The zero-order valence-corrected chi connectivity index (χ0v) is 8.16. The molecule has 0 aromatic rings. The fourth-order valence-electron chi connectivity index (χ4n) is 0.774. The highest BCUT2D eigenvalue weighted by atomic mass is 32.2. The summed E-state index contributed by atoms with van der Waals surface area (Å²) in [6.07, 6.45) is 1.94. The van der Waals surface area contributed by atoms with Gasteiger partial charge >= 0.3 is 0 Å². The maximum absolute atomic E-state index is 10.0. The Morgan fingerprint density at radius 2 is 2.00 bits per heavy atom. The Morgan fingerprint density at radius 1 is 1.45 bits per heavy atom. The van der Waals surface area contributed by atoms with Gasteiger partial charge in [-0.2, -0.15) is 0 Å². The molecule has 4 heteroatoms. The van der Waals surface area contributed by atoms with Gasteiger partial charge in [-0.3, -0.25) is 4.21 Å². The summed E-state index contributed by atoms with van der Waals surface area (Å²) in [5.41, 5.74) is 0.298. The summed E-state index contributed by atoms with van der Waals surface area (Å²) in [7, 11) is 0. The van der Waals surface area contributed by atoms with Gasteiger partial charge in [-0.15, -0.1) is 0 Å². The predicted octanol–water partition coefficient (Wildman–Crippen LogP) is 1.20. The fraction of sp³-hybridized carbons (Fsp3) is 1.00. The Morgan fingerprint density at radius 3 is 2.36 bits per heavy atom. The molecule has 0 heterocycles. The SMILES string of the molecule is CC(C)(C)CCCNS(=O)[O-]. The van der Waals surface area contributed by atoms with E-state index in [2.05, 4.69) is 25.5 Å². The van der Waals surface area contributed by atoms with Gasteiger partial charge in [0.1, 0.15) is 0 Å². The van der Waals surface area contributed by atoms with Gasteiger partial charge < -0.3 is 4.55 Å². The highest BCUT2D eigenvalue weighted by Gasteiger charge is 2.08. The van der Waals surface area contributed by atoms with E-state index in [1.54, 1.807) is 0 Å². The predicted molar refractivity (Wildman–Crippen MR) is 45.6 cm³/mol. The molecule has 1 N–H and O–H groups in total. The molecular formula is C7H16NO2S-. The van der Waals surface area contributed by atoms with E-state index in [4.69, 9.17) is 0 Å². The molecule has 0 aromatic carbocycles. The molecule has 0 aliphatic rings. The van der Waals surface area contributed by atoms with Crippen LogP contribution >= 0.6 is 0 Å². The Hall–Kier alpha value is 0.0700. The van der Waals surface area contributed by atoms with Crippen molar-refractivity contribution in [2.45, 2.75) is 33.6 Å². The number of rotatable bonds is 4. The van der Waals surface area contributed by atoms with Crippen LogP contribution in [0.25, 0.3) is 0 Å². The largest absolute Gasteiger partial charge is 0.760 e. The summed E-state index contributed by atoms with van der Waals surface area (Å²) in [5, 5.41) is 0. The molecular weight excluding hydrogens is 162 g/mol. The Kier molecular flexibility index (Phi) is 4.88. The van der Waals surface area contributed by atoms with Crippen LogP contribution in [0.4, 0.5) is 0 Å². The maximum atomic E-state index is 10.0. The van der Waals surface area contributed by atoms with E-state index in [0.717, 1.165) is 12.8 Å². The Balaban J connectivity index is 3.22. The molecule has 1 unspecified atom stereocenters. The molecule has 0 aliphatic heterocycles. The van der Waals surface area contributed by atoms with E-state index in [1.165, 1.54) is 0 Å². The molecule has 3 nitrogen and oxygen atoms in total. The number of nitrogens with one attached hydrogen (secondary N) is 1. The molecule has 0 radical (unpaired) electrons. The summed E-state index contributed by atoms with van der Waals surface area (Å²) < 4.78 is 22.4. The molecule has 0 aromatic heterocycles. The van der Waals surface area contributed by atoms with Crippen LogP contribution < -0.4 is 4.72 Å². The van der Waals surface area contributed by atoms with E-state index >= 15 is 0 Å². The molecule has 0 bridgehead atoms. The molecule has 0 saturated carbocycles. The first-order valence-electron chi connectivity index (χ1n) is 3.74. The lowest BCUT2D eigenvalue weighted by atomic mass is 9.91. The monoisotopic (exact) mass is 178 g/mol. The Bertz CT molecular complexity index is 131. The van der Waals surface area contributed by atoms with Crippen LogP contribution in [0, 0.1) is 5.41 Å². The summed E-state index contributed by atoms with van der Waals surface area (Å²) >= 11 is -2.09. The van der Waals surface area contributed by atoms with Crippen molar-refractivity contribution in [2.24, 2.45) is 5.41 Å². The minimum atomic E-state index is -2.09. The van der Waals surface area contributed by atoms with Crippen molar-refractivity contribution in [1.29, 1.82) is 0 Å². The van der Waals surface area contributed by atoms with E-state index in [-0.39, 0.29) is 0 Å². The average molecular weight is 178 g/mol. The van der Waals surface area contributed by atoms with E-state index in [0.29, 0.717) is 12.0 Å². The first-order valence-corrected chi connectivity index (χ1v) is 4.82. The molecule has 0 aliphatic carbocycles. The third kappa shape index (κ3) is 10.1. The van der Waals surface area contributed by atoms with Gasteiger partial charge in [-0.25, -0.2) is 4.72 Å². The Labute approximate surface area is 71.0 Å². The highest BCUT2D eigenvalue weighted by Crippen LogP contribution is 2.19. The van der Waals surface area contributed by atoms with Crippen molar-refractivity contribution in [2.75, 3.05) is 6.54 Å². The minimum Gasteiger partial charge on any atom is -0.760 e. The zero-order valence-electron chi connectivity index (χ0n) is 7.35. The van der Waals surface area contributed by atoms with Crippen molar-refractivity contribution in [1.82, 2.24) is 4.72 Å². The van der Waals surface area contributed by atoms with Gasteiger partial charge in [0, 0.05) is 17.8 Å². The van der Waals surface area contributed by atoms with Crippen LogP contribution in [0.5, 0.6) is 0 Å². The van der Waals surface area contributed by atoms with Gasteiger partial charge in [-0.1, -0.05) is 20.8 Å². The molecule has 11 heavy (non-hydrogen) atoms. The number of hydrogen-bond acceptors (Lipinski definition) is 2. The van der Waals surface area contributed by atoms with Crippen LogP contribution in [0.2, 0.25) is 0 Å². The van der Waals surface area contributed by atoms with Crippen LogP contribution in [-0.2, 0) is 11.3 Å². The minimum absolute atomic E-state index is 0.298. The van der Waals surface area contributed by atoms with Gasteiger partial charge in [0.25, 0.3) is 0 Å². The second-order valence-corrected chi connectivity index (χ2v) is 4.55. The molecule has 0 saturated heterocycles. The van der Waals surface area contributed by atoms with Crippen molar-refractivity contribution in [3.8, 4) is 0 Å². The summed E-state index contributed by atoms with van der Waals surface area (Å²) in [4.78, 5) is 0. The van der Waals surface area contributed by atoms with Crippen molar-refractivity contribution in [3.63, 3.8) is 0 Å². The standard InChI is InChI=1S/C7H17NO2S/c1-7(2,3)5-4-6-8-11(9)10/h8H,4-6H2,1-3H3,(H,9,10)/p-1. The van der Waals surface area contributed by atoms with Gasteiger partial charge in [0.15, 0.2) is 0 Å². The molecule has 0 rings (SSSR count). The van der Waals surface area contributed by atoms with Gasteiger partial charge in [0.05, 0.1) is 0 Å². The number of hydrogen-bond donors (Lipinski definition) is 1. The smallest absolute Gasteiger partial charge is 0.0181 e. The fourth-order valence-corrected chi connectivity index (χ4v) is 1.09. The van der Waals surface area contributed by atoms with Crippen molar-refractivity contribution in [3.05, 3.63) is 0 Å². The highest BCUT2D eigenvalue weighted by molar-refractivity contribution is 7.77. The lowest BCUT2D eigenvalue weighted by Crippen LogP contribution is -2.19. The summed E-state index contributed by atoms with van der Waals surface area (Å²) in [5.74, 6) is 0. The molecule has 0 fully saturated rings. The van der Waals surface area contributed by atoms with Gasteiger partial charge in [0.2, 0.25) is 0 Å². The van der Waals surface area contributed by atoms with Crippen LogP contribution in [0.3, 0.4) is 0 Å². The van der Waals surface area contributed by atoms with E-state index in [9.17, 15) is 8.76 Å². The normalized spacial score (nSPS) is 14.9. The molecule has 68 valence electrons. The van der Waals surface area contributed by atoms with E-state index < -0.39 is 11.3 Å². The lowest BCUT2D eigenvalue weighted by molar-refractivity contribution is 0.365. The van der Waals surface area contributed by atoms with Crippen molar-refractivity contribution >= 4 is 11.3 Å². The second-order valence-electron chi connectivity index (χ2n) is 3.79. The molecule has 0 amide bonds. The van der Waals surface area contributed by atoms with Crippen LogP contribution in [0.15, 0.2) is 0 Å².